The molecule has 0 aliphatic heterocycles. The van der Waals surface area contributed by atoms with Crippen LogP contribution in [0.4, 0.5) is 8.78 Å². The van der Waals surface area contributed by atoms with E-state index in [1.807, 2.05) is 12.1 Å². The predicted molar refractivity (Wildman–Crippen MR) is 87.7 cm³/mol. The van der Waals surface area contributed by atoms with E-state index in [9.17, 15) is 13.9 Å². The second-order valence-electron chi connectivity index (χ2n) is 6.20. The second kappa shape index (κ2) is 6.17. The SMILES string of the molecule is CC(C)(O)c1cnc2cc(OCc3cc(F)cc(F)c3)ccc2c1. The van der Waals surface area contributed by atoms with Crippen LogP contribution >= 0.6 is 0 Å². The molecule has 1 N–H and O–H groups in total. The van der Waals surface area contributed by atoms with Crippen molar-refractivity contribution in [3.8, 4) is 5.75 Å². The van der Waals surface area contributed by atoms with Crippen molar-refractivity contribution in [3.05, 3.63) is 71.4 Å². The Morgan fingerprint density at radius 1 is 1.04 bits per heavy atom. The number of aromatic nitrogens is 1. The van der Waals surface area contributed by atoms with Gasteiger partial charge >= 0.3 is 0 Å². The van der Waals surface area contributed by atoms with Crippen LogP contribution in [0.1, 0.15) is 25.0 Å². The Balaban J connectivity index is 1.81. The van der Waals surface area contributed by atoms with Crippen molar-refractivity contribution in [1.29, 1.82) is 0 Å². The third kappa shape index (κ3) is 3.68. The van der Waals surface area contributed by atoms with Crippen LogP contribution in [0.25, 0.3) is 10.9 Å². The highest BCUT2D eigenvalue weighted by Gasteiger charge is 2.16. The first kappa shape index (κ1) is 16.3. The van der Waals surface area contributed by atoms with Crippen LogP contribution in [0, 0.1) is 11.6 Å². The summed E-state index contributed by atoms with van der Waals surface area (Å²) in [6.07, 6.45) is 1.62. The minimum absolute atomic E-state index is 0.0575. The number of fused-ring (bicyclic) bond motifs is 1. The molecule has 124 valence electrons. The average molecular weight is 329 g/mol. The fourth-order valence-electron chi connectivity index (χ4n) is 2.39. The van der Waals surface area contributed by atoms with Gasteiger partial charge in [0.25, 0.3) is 0 Å². The summed E-state index contributed by atoms with van der Waals surface area (Å²) in [5.74, 6) is -0.712. The lowest BCUT2D eigenvalue weighted by Crippen LogP contribution is -2.15. The highest BCUT2D eigenvalue weighted by Crippen LogP contribution is 2.25. The summed E-state index contributed by atoms with van der Waals surface area (Å²) in [5.41, 5.74) is 0.889. The molecule has 0 fully saturated rings. The summed E-state index contributed by atoms with van der Waals surface area (Å²) in [5, 5.41) is 10.9. The van der Waals surface area contributed by atoms with E-state index in [0.29, 0.717) is 16.8 Å². The number of rotatable bonds is 4. The van der Waals surface area contributed by atoms with Crippen LogP contribution < -0.4 is 4.74 Å². The van der Waals surface area contributed by atoms with E-state index in [0.717, 1.165) is 17.0 Å². The Labute approximate surface area is 138 Å². The third-order valence-electron chi connectivity index (χ3n) is 3.69. The minimum atomic E-state index is -0.960. The average Bonchev–Trinajstić information content (AvgIpc) is 2.50. The minimum Gasteiger partial charge on any atom is -0.489 e. The van der Waals surface area contributed by atoms with Gasteiger partial charge in [0.15, 0.2) is 0 Å². The molecule has 0 aliphatic carbocycles. The maximum Gasteiger partial charge on any atom is 0.126 e. The lowest BCUT2D eigenvalue weighted by Gasteiger charge is -2.17. The van der Waals surface area contributed by atoms with E-state index < -0.39 is 17.2 Å². The van der Waals surface area contributed by atoms with Gasteiger partial charge in [-0.05, 0) is 49.7 Å². The van der Waals surface area contributed by atoms with Gasteiger partial charge in [-0.15, -0.1) is 0 Å². The molecule has 3 nitrogen and oxygen atoms in total. The van der Waals surface area contributed by atoms with Crippen molar-refractivity contribution >= 4 is 10.9 Å². The molecule has 0 spiro atoms. The molecule has 3 rings (SSSR count). The van der Waals surface area contributed by atoms with Gasteiger partial charge in [-0.2, -0.15) is 0 Å². The van der Waals surface area contributed by atoms with E-state index in [-0.39, 0.29) is 6.61 Å². The Kier molecular flexibility index (Phi) is 4.20. The highest BCUT2D eigenvalue weighted by molar-refractivity contribution is 5.80. The van der Waals surface area contributed by atoms with E-state index in [1.54, 1.807) is 32.2 Å². The number of hydrogen-bond donors (Lipinski definition) is 1. The number of nitrogens with zero attached hydrogens (tertiary/aromatic N) is 1. The van der Waals surface area contributed by atoms with Gasteiger partial charge in [0, 0.05) is 29.3 Å². The van der Waals surface area contributed by atoms with E-state index in [1.165, 1.54) is 12.1 Å². The topological polar surface area (TPSA) is 42.4 Å². The molecule has 1 aromatic heterocycles. The van der Waals surface area contributed by atoms with Crippen molar-refractivity contribution in [2.45, 2.75) is 26.1 Å². The molecule has 0 unspecified atom stereocenters. The first-order chi connectivity index (χ1) is 11.3. The van der Waals surface area contributed by atoms with Crippen LogP contribution in [-0.2, 0) is 12.2 Å². The second-order valence-corrected chi connectivity index (χ2v) is 6.20. The monoisotopic (exact) mass is 329 g/mol. The predicted octanol–water partition coefficient (Wildman–Crippen LogP) is 4.32. The lowest BCUT2D eigenvalue weighted by molar-refractivity contribution is 0.0784. The number of benzene rings is 2. The number of hydrogen-bond acceptors (Lipinski definition) is 3. The van der Waals surface area contributed by atoms with Crippen LogP contribution in [0.15, 0.2) is 48.7 Å². The summed E-state index contributed by atoms with van der Waals surface area (Å²) in [6, 6.07) is 10.5. The summed E-state index contributed by atoms with van der Waals surface area (Å²) < 4.78 is 31.9. The number of aliphatic hydroxyl groups is 1. The first-order valence-electron chi connectivity index (χ1n) is 7.52. The maximum atomic E-state index is 13.2. The van der Waals surface area contributed by atoms with Crippen LogP contribution in [0.2, 0.25) is 0 Å². The molecule has 5 heteroatoms. The van der Waals surface area contributed by atoms with Gasteiger partial charge in [0.2, 0.25) is 0 Å². The molecule has 0 saturated carbocycles. The maximum absolute atomic E-state index is 13.2. The quantitative estimate of drug-likeness (QED) is 0.775. The standard InChI is InChI=1S/C19H17F2NO2/c1-19(2,23)14-7-13-3-4-17(9-18(13)22-10-14)24-11-12-5-15(20)8-16(21)6-12/h3-10,23H,11H2,1-2H3. The van der Waals surface area contributed by atoms with Crippen molar-refractivity contribution in [2.24, 2.45) is 0 Å². The van der Waals surface area contributed by atoms with Crippen molar-refractivity contribution < 1.29 is 18.6 Å². The van der Waals surface area contributed by atoms with E-state index in [2.05, 4.69) is 4.98 Å². The Hall–Kier alpha value is -2.53. The van der Waals surface area contributed by atoms with Crippen LogP contribution in [0.5, 0.6) is 5.75 Å². The Morgan fingerprint density at radius 2 is 1.75 bits per heavy atom. The molecular weight excluding hydrogens is 312 g/mol. The molecule has 0 saturated heterocycles. The van der Waals surface area contributed by atoms with Crippen molar-refractivity contribution in [2.75, 3.05) is 0 Å². The summed E-state index contributed by atoms with van der Waals surface area (Å²) >= 11 is 0. The van der Waals surface area contributed by atoms with Gasteiger partial charge in [-0.25, -0.2) is 8.78 Å². The fraction of sp³-hybridized carbons (Fsp3) is 0.211. The van der Waals surface area contributed by atoms with E-state index in [4.69, 9.17) is 4.74 Å². The number of halogens is 2. The molecule has 2 aromatic carbocycles. The van der Waals surface area contributed by atoms with Crippen molar-refractivity contribution in [3.63, 3.8) is 0 Å². The smallest absolute Gasteiger partial charge is 0.126 e. The summed E-state index contributed by atoms with van der Waals surface area (Å²) in [6.45, 7) is 3.46. The Morgan fingerprint density at radius 3 is 2.42 bits per heavy atom. The number of ether oxygens (including phenoxy) is 1. The summed E-state index contributed by atoms with van der Waals surface area (Å²) in [7, 11) is 0. The zero-order valence-corrected chi connectivity index (χ0v) is 13.4. The lowest BCUT2D eigenvalue weighted by atomic mass is 9.99. The van der Waals surface area contributed by atoms with Crippen LogP contribution in [0.3, 0.4) is 0 Å². The third-order valence-corrected chi connectivity index (χ3v) is 3.69. The van der Waals surface area contributed by atoms with Crippen molar-refractivity contribution in [1.82, 2.24) is 4.98 Å². The van der Waals surface area contributed by atoms with Gasteiger partial charge in [0.05, 0.1) is 11.1 Å². The molecule has 0 bridgehead atoms. The zero-order chi connectivity index (χ0) is 17.3. The van der Waals surface area contributed by atoms with Gasteiger partial charge in [-0.1, -0.05) is 0 Å². The molecule has 0 amide bonds. The fourth-order valence-corrected chi connectivity index (χ4v) is 2.39. The molecule has 3 aromatic rings. The number of pyridine rings is 1. The normalized spacial score (nSPS) is 11.7. The molecule has 1 heterocycles. The molecule has 0 aliphatic rings. The Bertz CT molecular complexity index is 868. The molecular formula is C19H17F2NO2. The summed E-state index contributed by atoms with van der Waals surface area (Å²) in [4.78, 5) is 4.33. The van der Waals surface area contributed by atoms with Gasteiger partial charge in [-0.3, -0.25) is 4.98 Å². The van der Waals surface area contributed by atoms with Crippen LogP contribution in [-0.4, -0.2) is 10.1 Å². The largest absolute Gasteiger partial charge is 0.489 e. The molecule has 0 radical (unpaired) electrons. The van der Waals surface area contributed by atoms with E-state index >= 15 is 0 Å². The van der Waals surface area contributed by atoms with Gasteiger partial charge in [0.1, 0.15) is 24.0 Å². The highest BCUT2D eigenvalue weighted by atomic mass is 19.1. The molecule has 0 atom stereocenters. The van der Waals surface area contributed by atoms with Gasteiger partial charge < -0.3 is 9.84 Å². The zero-order valence-electron chi connectivity index (χ0n) is 13.4. The first-order valence-corrected chi connectivity index (χ1v) is 7.52. The molecule has 24 heavy (non-hydrogen) atoms.